The van der Waals surface area contributed by atoms with Gasteiger partial charge < -0.3 is 14.9 Å². The Morgan fingerprint density at radius 1 is 1.20 bits per heavy atom. The maximum Gasteiger partial charge on any atom is 0.224 e. The van der Waals surface area contributed by atoms with Gasteiger partial charge in [-0.3, -0.25) is 4.79 Å². The van der Waals surface area contributed by atoms with Crippen LogP contribution in [0.1, 0.15) is 37.0 Å². The van der Waals surface area contributed by atoms with Crippen molar-refractivity contribution < 1.29 is 14.9 Å². The number of aromatic hydroxyl groups is 2. The van der Waals surface area contributed by atoms with Gasteiger partial charge >= 0.3 is 0 Å². The standard InChI is InChI=1S/C13H16O3.C3H6O/c1-7-3-4-9-10(5-7)8(2)6-11(14)13(16)12(9)15;1-3-2-4-3/h6-7H,3-5H2,1-2H3,(H2,14,15,16);3H,2H2,1H3. The first-order chi connectivity index (χ1) is 9.40. The van der Waals surface area contributed by atoms with Crippen LogP contribution in [0, 0.1) is 12.8 Å². The summed E-state index contributed by atoms with van der Waals surface area (Å²) in [6.07, 6.45) is 3.16. The highest BCUT2D eigenvalue weighted by Crippen LogP contribution is 2.35. The molecule has 2 atom stereocenters. The fraction of sp³-hybridized carbons (Fsp3) is 0.562. The molecule has 3 rings (SSSR count). The average molecular weight is 278 g/mol. The van der Waals surface area contributed by atoms with E-state index in [4.69, 9.17) is 4.74 Å². The van der Waals surface area contributed by atoms with Crippen LogP contribution in [0.25, 0.3) is 0 Å². The van der Waals surface area contributed by atoms with Crippen LogP contribution in [0.15, 0.2) is 10.9 Å². The summed E-state index contributed by atoms with van der Waals surface area (Å²) >= 11 is 0. The van der Waals surface area contributed by atoms with E-state index >= 15 is 0 Å². The van der Waals surface area contributed by atoms with E-state index in [1.807, 2.05) is 6.92 Å². The first-order valence-electron chi connectivity index (χ1n) is 7.09. The summed E-state index contributed by atoms with van der Waals surface area (Å²) in [7, 11) is 0. The van der Waals surface area contributed by atoms with Gasteiger partial charge in [0, 0.05) is 5.56 Å². The van der Waals surface area contributed by atoms with Crippen LogP contribution in [0.5, 0.6) is 11.5 Å². The molecule has 2 N–H and O–H groups in total. The van der Waals surface area contributed by atoms with Gasteiger partial charge in [0.1, 0.15) is 0 Å². The Morgan fingerprint density at radius 2 is 1.80 bits per heavy atom. The summed E-state index contributed by atoms with van der Waals surface area (Å²) in [6.45, 7) is 7.06. The van der Waals surface area contributed by atoms with Crippen LogP contribution in [0.2, 0.25) is 0 Å². The first kappa shape index (κ1) is 14.9. The van der Waals surface area contributed by atoms with Crippen LogP contribution >= 0.6 is 0 Å². The molecule has 1 fully saturated rings. The number of ether oxygens (including phenoxy) is 1. The molecule has 1 aliphatic carbocycles. The van der Waals surface area contributed by atoms with Crippen LogP contribution in [0.4, 0.5) is 0 Å². The molecule has 1 saturated heterocycles. The minimum absolute atomic E-state index is 0.222. The molecule has 0 aromatic heterocycles. The zero-order valence-corrected chi connectivity index (χ0v) is 12.3. The highest BCUT2D eigenvalue weighted by atomic mass is 16.6. The van der Waals surface area contributed by atoms with Gasteiger partial charge in [-0.25, -0.2) is 0 Å². The number of hydrogen-bond acceptors (Lipinski definition) is 4. The van der Waals surface area contributed by atoms with Gasteiger partial charge in [-0.1, -0.05) is 6.92 Å². The average Bonchev–Trinajstić information content (AvgIpc) is 3.19. The number of epoxide rings is 1. The second-order valence-electron chi connectivity index (χ2n) is 5.84. The normalized spacial score (nSPS) is 23.4. The molecule has 1 aromatic carbocycles. The van der Waals surface area contributed by atoms with Crippen molar-refractivity contribution in [1.29, 1.82) is 0 Å². The van der Waals surface area contributed by atoms with E-state index in [0.717, 1.165) is 42.6 Å². The summed E-state index contributed by atoms with van der Waals surface area (Å²) in [5.41, 5.74) is 2.13. The lowest BCUT2D eigenvalue weighted by Gasteiger charge is -2.21. The van der Waals surface area contributed by atoms with Crippen LogP contribution in [-0.2, 0) is 17.6 Å². The number of rotatable bonds is 0. The maximum atomic E-state index is 11.5. The van der Waals surface area contributed by atoms with E-state index in [2.05, 4.69) is 13.8 Å². The molecular weight excluding hydrogens is 256 g/mol. The highest BCUT2D eigenvalue weighted by Gasteiger charge is 2.21. The largest absolute Gasteiger partial charge is 0.504 e. The number of fused-ring (bicyclic) bond motifs is 1. The van der Waals surface area contributed by atoms with Crippen molar-refractivity contribution in [2.45, 2.75) is 46.1 Å². The molecule has 4 heteroatoms. The Hall–Kier alpha value is -1.55. The predicted octanol–water partition coefficient (Wildman–Crippen LogP) is 2.30. The van der Waals surface area contributed by atoms with Gasteiger partial charge in [0.05, 0.1) is 12.7 Å². The first-order valence-corrected chi connectivity index (χ1v) is 7.09. The highest BCUT2D eigenvalue weighted by molar-refractivity contribution is 5.50. The summed E-state index contributed by atoms with van der Waals surface area (Å²) < 4.78 is 4.71. The van der Waals surface area contributed by atoms with Crippen molar-refractivity contribution in [3.8, 4) is 11.5 Å². The topological polar surface area (TPSA) is 70.1 Å². The molecule has 0 spiro atoms. The van der Waals surface area contributed by atoms with E-state index in [1.165, 1.54) is 6.07 Å². The summed E-state index contributed by atoms with van der Waals surface area (Å²) in [5, 5.41) is 19.4. The molecule has 1 heterocycles. The molecule has 1 aromatic rings. The molecule has 2 unspecified atom stereocenters. The van der Waals surface area contributed by atoms with Crippen molar-refractivity contribution >= 4 is 0 Å². The van der Waals surface area contributed by atoms with E-state index in [9.17, 15) is 15.0 Å². The molecular formula is C16H22O4. The minimum atomic E-state index is -0.515. The van der Waals surface area contributed by atoms with Gasteiger partial charge in [-0.05, 0) is 56.2 Å². The molecule has 0 saturated carbocycles. The molecule has 20 heavy (non-hydrogen) atoms. The smallest absolute Gasteiger partial charge is 0.224 e. The number of hydrogen-bond donors (Lipinski definition) is 2. The zero-order chi connectivity index (χ0) is 14.9. The summed E-state index contributed by atoms with van der Waals surface area (Å²) in [5.74, 6) is -0.177. The molecule has 1 aliphatic heterocycles. The minimum Gasteiger partial charge on any atom is -0.504 e. The second-order valence-corrected chi connectivity index (χ2v) is 5.84. The van der Waals surface area contributed by atoms with Crippen molar-refractivity contribution in [2.24, 2.45) is 5.92 Å². The second kappa shape index (κ2) is 5.83. The van der Waals surface area contributed by atoms with Crippen molar-refractivity contribution in [3.63, 3.8) is 0 Å². The van der Waals surface area contributed by atoms with Crippen LogP contribution < -0.4 is 5.43 Å². The van der Waals surface area contributed by atoms with E-state index < -0.39 is 11.2 Å². The van der Waals surface area contributed by atoms with Gasteiger partial charge in [0.25, 0.3) is 0 Å². The Morgan fingerprint density at radius 3 is 2.35 bits per heavy atom. The molecule has 4 nitrogen and oxygen atoms in total. The molecule has 2 aliphatic rings. The zero-order valence-electron chi connectivity index (χ0n) is 12.3. The van der Waals surface area contributed by atoms with Gasteiger partial charge in [0.2, 0.25) is 11.2 Å². The molecule has 0 bridgehead atoms. The third-order valence-corrected chi connectivity index (χ3v) is 3.87. The van der Waals surface area contributed by atoms with Crippen molar-refractivity contribution in [3.05, 3.63) is 33.0 Å². The van der Waals surface area contributed by atoms with E-state index in [-0.39, 0.29) is 5.75 Å². The number of aryl methyl sites for hydroxylation is 1. The van der Waals surface area contributed by atoms with Gasteiger partial charge in [-0.15, -0.1) is 0 Å². The Labute approximate surface area is 119 Å². The van der Waals surface area contributed by atoms with Crippen molar-refractivity contribution in [2.75, 3.05) is 6.61 Å². The van der Waals surface area contributed by atoms with Gasteiger partial charge in [0.15, 0.2) is 5.75 Å². The molecule has 0 radical (unpaired) electrons. The SMILES string of the molecule is CC1CO1.Cc1cc(=O)c(O)c(O)c2c1CC(C)CC2. The fourth-order valence-corrected chi connectivity index (χ4v) is 2.48. The Kier molecular flexibility index (Phi) is 4.33. The third kappa shape index (κ3) is 3.31. The predicted molar refractivity (Wildman–Crippen MR) is 77.4 cm³/mol. The van der Waals surface area contributed by atoms with Crippen LogP contribution in [-0.4, -0.2) is 22.9 Å². The fourth-order valence-electron chi connectivity index (χ4n) is 2.48. The van der Waals surface area contributed by atoms with E-state index in [1.54, 1.807) is 0 Å². The van der Waals surface area contributed by atoms with Crippen LogP contribution in [0.3, 0.4) is 0 Å². The Balaban J connectivity index is 0.000000315. The summed E-state index contributed by atoms with van der Waals surface area (Å²) in [4.78, 5) is 11.5. The Bertz CT molecular complexity index is 561. The molecule has 0 amide bonds. The third-order valence-electron chi connectivity index (χ3n) is 3.87. The lowest BCUT2D eigenvalue weighted by molar-refractivity contribution is 0.391. The lowest BCUT2D eigenvalue weighted by Crippen LogP contribution is -2.11. The quantitative estimate of drug-likeness (QED) is 0.714. The monoisotopic (exact) mass is 278 g/mol. The maximum absolute atomic E-state index is 11.5. The van der Waals surface area contributed by atoms with Gasteiger partial charge in [-0.2, -0.15) is 0 Å². The summed E-state index contributed by atoms with van der Waals surface area (Å²) in [6, 6.07) is 1.41. The molecule has 110 valence electrons. The lowest BCUT2D eigenvalue weighted by atomic mass is 9.84. The van der Waals surface area contributed by atoms with E-state index in [0.29, 0.717) is 12.0 Å². The van der Waals surface area contributed by atoms with Crippen molar-refractivity contribution in [1.82, 2.24) is 0 Å².